The second kappa shape index (κ2) is 10.7. The lowest BCUT2D eigenvalue weighted by Crippen LogP contribution is -2.15. The third-order valence-corrected chi connectivity index (χ3v) is 7.12. The Morgan fingerprint density at radius 3 is 2.47 bits per heavy atom. The number of ether oxygens (including phenoxy) is 2. The van der Waals surface area contributed by atoms with Crippen LogP contribution in [0.2, 0.25) is 0 Å². The molecule has 11 heteroatoms. The predicted molar refractivity (Wildman–Crippen MR) is 147 cm³/mol. The number of carbonyl (C=O) groups is 1. The number of thioether (sulfide) groups is 1. The first-order chi connectivity index (χ1) is 18.4. The Morgan fingerprint density at radius 1 is 1.00 bits per heavy atom. The molecular weight excluding hydrogens is 502 g/mol. The van der Waals surface area contributed by atoms with Crippen molar-refractivity contribution in [1.82, 2.24) is 29.4 Å². The Kier molecular flexibility index (Phi) is 7.19. The number of benzene rings is 2. The van der Waals surface area contributed by atoms with E-state index in [2.05, 4.69) is 10.4 Å². The summed E-state index contributed by atoms with van der Waals surface area (Å²) >= 11 is 1.30. The van der Waals surface area contributed by atoms with Gasteiger partial charge in [-0.25, -0.2) is 9.97 Å². The molecule has 38 heavy (non-hydrogen) atoms. The summed E-state index contributed by atoms with van der Waals surface area (Å²) in [5.74, 6) is 1.84. The number of aryl methyl sites for hydroxylation is 5. The first-order valence-corrected chi connectivity index (χ1v) is 13.2. The van der Waals surface area contributed by atoms with E-state index >= 15 is 0 Å². The summed E-state index contributed by atoms with van der Waals surface area (Å²) in [4.78, 5) is 22.4. The summed E-state index contributed by atoms with van der Waals surface area (Å²) in [5, 5.41) is 13.6. The van der Waals surface area contributed by atoms with E-state index in [1.54, 1.807) is 18.7 Å². The number of para-hydroxylation sites is 1. The molecular formula is C27H29N7O3S. The van der Waals surface area contributed by atoms with Gasteiger partial charge in [-0.2, -0.15) is 9.61 Å². The number of rotatable bonds is 9. The van der Waals surface area contributed by atoms with Gasteiger partial charge in [0.05, 0.1) is 31.2 Å². The van der Waals surface area contributed by atoms with Crippen LogP contribution in [0.25, 0.3) is 16.6 Å². The Balaban J connectivity index is 1.49. The fourth-order valence-electron chi connectivity index (χ4n) is 4.29. The molecule has 0 saturated carbocycles. The van der Waals surface area contributed by atoms with Gasteiger partial charge in [0.1, 0.15) is 0 Å². The Morgan fingerprint density at radius 2 is 1.76 bits per heavy atom. The second-order valence-electron chi connectivity index (χ2n) is 8.93. The van der Waals surface area contributed by atoms with Crippen LogP contribution in [0, 0.1) is 20.8 Å². The van der Waals surface area contributed by atoms with E-state index in [0.29, 0.717) is 46.6 Å². The molecule has 10 nitrogen and oxygen atoms in total. The second-order valence-corrected chi connectivity index (χ2v) is 9.88. The molecule has 3 heterocycles. The van der Waals surface area contributed by atoms with Crippen molar-refractivity contribution in [3.63, 3.8) is 0 Å². The highest BCUT2D eigenvalue weighted by atomic mass is 32.2. The Hall–Kier alpha value is -4.12. The number of aromatic nitrogens is 6. The highest BCUT2D eigenvalue weighted by molar-refractivity contribution is 7.99. The largest absolute Gasteiger partial charge is 0.493 e. The number of fused-ring (bicyclic) bond motifs is 3. The molecule has 5 rings (SSSR count). The van der Waals surface area contributed by atoms with Gasteiger partial charge in [0, 0.05) is 35.8 Å². The van der Waals surface area contributed by atoms with Crippen LogP contribution in [0.1, 0.15) is 22.8 Å². The molecule has 0 unspecified atom stereocenters. The fraction of sp³-hybridized carbons (Fsp3) is 0.296. The van der Waals surface area contributed by atoms with Gasteiger partial charge in [0.2, 0.25) is 5.91 Å². The predicted octanol–water partition coefficient (Wildman–Crippen LogP) is 4.39. The molecule has 0 aliphatic carbocycles. The van der Waals surface area contributed by atoms with Crippen molar-refractivity contribution in [1.29, 1.82) is 0 Å². The number of hydrogen-bond acceptors (Lipinski definition) is 8. The van der Waals surface area contributed by atoms with E-state index in [-0.39, 0.29) is 11.7 Å². The van der Waals surface area contributed by atoms with Crippen LogP contribution in [0.15, 0.2) is 47.6 Å². The average molecular weight is 532 g/mol. The van der Waals surface area contributed by atoms with Gasteiger partial charge in [0.25, 0.3) is 0 Å². The molecule has 1 amide bonds. The SMILES string of the molecule is COc1cc2nc(SCC(=O)Nc3ccccc3C)n3nc(CCn4nc(C)cc4C)nc3c2cc1OC. The molecule has 0 bridgehead atoms. The molecule has 0 radical (unpaired) electrons. The fourth-order valence-corrected chi connectivity index (χ4v) is 5.03. The van der Waals surface area contributed by atoms with Gasteiger partial charge >= 0.3 is 0 Å². The summed E-state index contributed by atoms with van der Waals surface area (Å²) < 4.78 is 14.7. The molecule has 0 aliphatic rings. The minimum Gasteiger partial charge on any atom is -0.493 e. The lowest BCUT2D eigenvalue weighted by Gasteiger charge is -2.11. The number of nitrogens with one attached hydrogen (secondary N) is 1. The molecule has 0 aliphatic heterocycles. The van der Waals surface area contributed by atoms with Crippen LogP contribution in [-0.2, 0) is 17.8 Å². The third kappa shape index (κ3) is 5.14. The number of nitrogens with zero attached hydrogens (tertiary/aromatic N) is 6. The summed E-state index contributed by atoms with van der Waals surface area (Å²) in [6.07, 6.45) is 0.594. The maximum Gasteiger partial charge on any atom is 0.234 e. The zero-order valence-corrected chi connectivity index (χ0v) is 22.8. The number of amides is 1. The number of anilines is 1. The van der Waals surface area contributed by atoms with Gasteiger partial charge in [-0.3, -0.25) is 9.48 Å². The zero-order chi connectivity index (χ0) is 26.8. The van der Waals surface area contributed by atoms with Gasteiger partial charge in [-0.15, -0.1) is 5.10 Å². The third-order valence-electron chi connectivity index (χ3n) is 6.19. The van der Waals surface area contributed by atoms with Crippen molar-refractivity contribution < 1.29 is 14.3 Å². The zero-order valence-electron chi connectivity index (χ0n) is 22.0. The van der Waals surface area contributed by atoms with Crippen molar-refractivity contribution in [3.8, 4) is 11.5 Å². The van der Waals surface area contributed by atoms with Crippen LogP contribution in [-0.4, -0.2) is 55.2 Å². The normalized spacial score (nSPS) is 11.3. The van der Waals surface area contributed by atoms with Crippen molar-refractivity contribution >= 4 is 39.9 Å². The van der Waals surface area contributed by atoms with Gasteiger partial charge in [-0.1, -0.05) is 30.0 Å². The molecule has 1 N–H and O–H groups in total. The van der Waals surface area contributed by atoms with Crippen LogP contribution in [0.3, 0.4) is 0 Å². The monoisotopic (exact) mass is 531 g/mol. The van der Waals surface area contributed by atoms with E-state index in [1.807, 2.05) is 67.9 Å². The smallest absolute Gasteiger partial charge is 0.234 e. The van der Waals surface area contributed by atoms with Crippen LogP contribution in [0.4, 0.5) is 5.69 Å². The molecule has 2 aromatic carbocycles. The maximum absolute atomic E-state index is 12.8. The lowest BCUT2D eigenvalue weighted by molar-refractivity contribution is -0.113. The van der Waals surface area contributed by atoms with Crippen LogP contribution in [0.5, 0.6) is 11.5 Å². The maximum atomic E-state index is 12.8. The Labute approximate surface area is 224 Å². The number of hydrogen-bond donors (Lipinski definition) is 1. The minimum atomic E-state index is -0.128. The summed E-state index contributed by atoms with van der Waals surface area (Å²) in [5.41, 5.74) is 5.17. The van der Waals surface area contributed by atoms with Gasteiger partial charge < -0.3 is 14.8 Å². The quantitative estimate of drug-likeness (QED) is 0.220. The first-order valence-electron chi connectivity index (χ1n) is 12.2. The van der Waals surface area contributed by atoms with Crippen molar-refractivity contribution in [2.75, 3.05) is 25.3 Å². The average Bonchev–Trinajstić information content (AvgIpc) is 3.48. The molecule has 0 saturated heterocycles. The lowest BCUT2D eigenvalue weighted by atomic mass is 10.2. The number of methoxy groups -OCH3 is 2. The van der Waals surface area contributed by atoms with E-state index in [9.17, 15) is 4.79 Å². The van der Waals surface area contributed by atoms with E-state index in [1.165, 1.54) is 11.8 Å². The molecule has 0 spiro atoms. The Bertz CT molecular complexity index is 1640. The first kappa shape index (κ1) is 25.5. The standard InChI is InChI=1S/C27H29N7O3S/c1-16-8-6-7-9-20(16)28-25(35)15-38-27-29-21-14-23(37-5)22(36-4)13-19(21)26-30-24(32-34(26)27)10-11-33-18(3)12-17(2)31-33/h6-9,12-14H,10-11,15H2,1-5H3,(H,28,35). The summed E-state index contributed by atoms with van der Waals surface area (Å²) in [6, 6.07) is 13.4. The van der Waals surface area contributed by atoms with E-state index < -0.39 is 0 Å². The molecule has 0 atom stereocenters. The summed E-state index contributed by atoms with van der Waals surface area (Å²) in [7, 11) is 3.18. The molecule has 0 fully saturated rings. The van der Waals surface area contributed by atoms with Crippen LogP contribution >= 0.6 is 11.8 Å². The minimum absolute atomic E-state index is 0.128. The van der Waals surface area contributed by atoms with E-state index in [4.69, 9.17) is 24.5 Å². The number of carbonyl (C=O) groups excluding carboxylic acids is 1. The van der Waals surface area contributed by atoms with Crippen LogP contribution < -0.4 is 14.8 Å². The highest BCUT2D eigenvalue weighted by Gasteiger charge is 2.18. The molecule has 3 aromatic heterocycles. The molecule has 5 aromatic rings. The summed E-state index contributed by atoms with van der Waals surface area (Å²) in [6.45, 7) is 6.62. The highest BCUT2D eigenvalue weighted by Crippen LogP contribution is 2.34. The van der Waals surface area contributed by atoms with Crippen molar-refractivity contribution in [2.24, 2.45) is 0 Å². The van der Waals surface area contributed by atoms with Crippen molar-refractivity contribution in [2.45, 2.75) is 38.9 Å². The van der Waals surface area contributed by atoms with E-state index in [0.717, 1.165) is 28.0 Å². The topological polar surface area (TPSA) is 108 Å². The van der Waals surface area contributed by atoms with Crippen molar-refractivity contribution in [3.05, 3.63) is 65.2 Å². The molecule has 196 valence electrons. The van der Waals surface area contributed by atoms with Gasteiger partial charge in [0.15, 0.2) is 28.1 Å². The van der Waals surface area contributed by atoms with Gasteiger partial charge in [-0.05, 0) is 44.5 Å².